The Bertz CT molecular complexity index is 1140. The molecular formula is C22H16Cl10O8. The summed E-state index contributed by atoms with van der Waals surface area (Å²) < 4.78 is 32.2. The lowest BCUT2D eigenvalue weighted by atomic mass is 10.0. The van der Waals surface area contributed by atoms with Crippen LogP contribution < -0.4 is 9.47 Å². The Morgan fingerprint density at radius 1 is 0.425 bits per heavy atom. The summed E-state index contributed by atoms with van der Waals surface area (Å²) in [5.74, 6) is -3.00. The van der Waals surface area contributed by atoms with Crippen LogP contribution in [0.15, 0.2) is 0 Å². The third-order valence-corrected chi connectivity index (χ3v) is 9.67. The molecule has 0 saturated heterocycles. The zero-order valence-electron chi connectivity index (χ0n) is 20.4. The smallest absolute Gasteiger partial charge is 0.343 e. The molecule has 2 rings (SSSR count). The van der Waals surface area contributed by atoms with Gasteiger partial charge in [-0.1, -0.05) is 116 Å². The van der Waals surface area contributed by atoms with E-state index in [1.54, 1.807) is 0 Å². The second-order valence-electron chi connectivity index (χ2n) is 7.35. The molecule has 0 fully saturated rings. The van der Waals surface area contributed by atoms with Crippen molar-refractivity contribution in [3.63, 3.8) is 0 Å². The molecule has 0 N–H and O–H groups in total. The molecule has 40 heavy (non-hydrogen) atoms. The molecule has 0 aliphatic rings. The highest BCUT2D eigenvalue weighted by atomic mass is 35.5. The van der Waals surface area contributed by atoms with Crippen molar-refractivity contribution in [2.75, 3.05) is 28.4 Å². The van der Waals surface area contributed by atoms with Gasteiger partial charge in [-0.05, 0) is 0 Å². The van der Waals surface area contributed by atoms with E-state index < -0.39 is 47.9 Å². The average Bonchev–Trinajstić information content (AvgIpc) is 2.94. The lowest BCUT2D eigenvalue weighted by molar-refractivity contribution is -0.183. The van der Waals surface area contributed by atoms with Gasteiger partial charge in [0.2, 0.25) is 0 Å². The molecule has 4 atom stereocenters. The molecule has 0 aliphatic heterocycles. The molecular weight excluding hydrogens is 747 g/mol. The van der Waals surface area contributed by atoms with Crippen LogP contribution in [0.1, 0.15) is 0 Å². The van der Waals surface area contributed by atoms with Crippen LogP contribution in [-0.2, 0) is 28.5 Å². The quantitative estimate of drug-likeness (QED) is 0.0972. The van der Waals surface area contributed by atoms with E-state index in [2.05, 4.69) is 0 Å². The monoisotopic (exact) mass is 758 g/mol. The number of rotatable bonds is 11. The number of hydrogen-bond donors (Lipinski definition) is 0. The van der Waals surface area contributed by atoms with Crippen LogP contribution in [0, 0.1) is 0 Å². The highest BCUT2D eigenvalue weighted by Gasteiger charge is 2.45. The average molecular weight is 763 g/mol. The summed E-state index contributed by atoms with van der Waals surface area (Å²) in [5.41, 5.74) is 0. The summed E-state index contributed by atoms with van der Waals surface area (Å²) in [4.78, 5) is 26.4. The molecule has 0 aliphatic carbocycles. The van der Waals surface area contributed by atoms with Gasteiger partial charge < -0.3 is 28.4 Å². The Kier molecular flexibility index (Phi) is 14.3. The Morgan fingerprint density at radius 3 is 0.850 bits per heavy atom. The highest BCUT2D eigenvalue weighted by molar-refractivity contribution is 6.56. The molecule has 8 nitrogen and oxygen atoms in total. The first kappa shape index (κ1) is 36.3. The van der Waals surface area contributed by atoms with Gasteiger partial charge in [0, 0.05) is 28.4 Å². The first-order chi connectivity index (χ1) is 18.7. The third kappa shape index (κ3) is 7.42. The molecule has 222 valence electrons. The Balaban J connectivity index is 2.43. The minimum absolute atomic E-state index is 0.152. The fraction of sp³-hybridized carbons (Fsp3) is 0.364. The van der Waals surface area contributed by atoms with Crippen molar-refractivity contribution < 1.29 is 38.0 Å². The maximum Gasteiger partial charge on any atom is 0.343 e. The van der Waals surface area contributed by atoms with Crippen molar-refractivity contribution in [2.24, 2.45) is 0 Å². The van der Waals surface area contributed by atoms with Gasteiger partial charge in [-0.3, -0.25) is 0 Å². The molecule has 0 radical (unpaired) electrons. The van der Waals surface area contributed by atoms with Crippen molar-refractivity contribution in [3.8, 4) is 11.5 Å². The van der Waals surface area contributed by atoms with E-state index in [1.165, 1.54) is 14.2 Å². The summed E-state index contributed by atoms with van der Waals surface area (Å²) in [7, 11) is 4.73. The van der Waals surface area contributed by atoms with Gasteiger partial charge in [-0.25, -0.2) is 9.59 Å². The zero-order valence-corrected chi connectivity index (χ0v) is 27.9. The normalized spacial score (nSPS) is 14.4. The van der Waals surface area contributed by atoms with Gasteiger partial charge in [0.25, 0.3) is 0 Å². The SMILES string of the molecule is CO[C@@H]([C@H](OC)[C@H](OC)C(=O)Oc1c(Cl)c(Cl)c(Cl)c(Cl)c1Cl)[C@H](OC)C(=O)Oc1c(Cl)c(Cl)c(Cl)c(Cl)c1Cl. The lowest BCUT2D eigenvalue weighted by Gasteiger charge is -2.33. The van der Waals surface area contributed by atoms with E-state index in [4.69, 9.17) is 144 Å². The largest absolute Gasteiger partial charge is 0.421 e. The van der Waals surface area contributed by atoms with Gasteiger partial charge in [0.1, 0.15) is 32.3 Å². The second-order valence-corrected chi connectivity index (χ2v) is 11.1. The van der Waals surface area contributed by atoms with Crippen molar-refractivity contribution >= 4 is 128 Å². The number of benzene rings is 2. The van der Waals surface area contributed by atoms with E-state index in [0.717, 1.165) is 14.2 Å². The molecule has 18 heteroatoms. The van der Waals surface area contributed by atoms with Crippen molar-refractivity contribution in [2.45, 2.75) is 24.4 Å². The molecule has 2 aromatic carbocycles. The van der Waals surface area contributed by atoms with Crippen LogP contribution in [0.5, 0.6) is 11.5 Å². The Labute approximate surface area is 278 Å². The number of ether oxygens (including phenoxy) is 6. The molecule has 0 saturated carbocycles. The van der Waals surface area contributed by atoms with Crippen LogP contribution in [-0.4, -0.2) is 64.8 Å². The fourth-order valence-corrected chi connectivity index (χ4v) is 5.65. The van der Waals surface area contributed by atoms with Crippen LogP contribution in [0.3, 0.4) is 0 Å². The molecule has 0 aromatic heterocycles. The molecule has 0 amide bonds. The van der Waals surface area contributed by atoms with Gasteiger partial charge in [-0.15, -0.1) is 0 Å². The van der Waals surface area contributed by atoms with E-state index >= 15 is 0 Å². The van der Waals surface area contributed by atoms with Gasteiger partial charge in [-0.2, -0.15) is 0 Å². The number of esters is 2. The maximum absolute atomic E-state index is 13.2. The predicted octanol–water partition coefficient (Wildman–Crippen LogP) is 8.79. The Hall–Kier alpha value is 0.120. The first-order valence-corrected chi connectivity index (χ1v) is 14.0. The van der Waals surface area contributed by atoms with Crippen molar-refractivity contribution in [1.82, 2.24) is 0 Å². The van der Waals surface area contributed by atoms with E-state index in [9.17, 15) is 9.59 Å². The summed E-state index contributed by atoms with van der Waals surface area (Å²) >= 11 is 60.8. The molecule has 0 bridgehead atoms. The second kappa shape index (κ2) is 15.7. The molecule has 0 unspecified atom stereocenters. The van der Waals surface area contributed by atoms with Crippen LogP contribution in [0.2, 0.25) is 50.2 Å². The maximum atomic E-state index is 13.2. The number of hydrogen-bond acceptors (Lipinski definition) is 8. The summed E-state index contributed by atoms with van der Waals surface area (Å²) in [5, 5.41) is -2.35. The van der Waals surface area contributed by atoms with E-state index in [1.807, 2.05) is 0 Å². The predicted molar refractivity (Wildman–Crippen MR) is 157 cm³/mol. The zero-order chi connectivity index (χ0) is 30.6. The topological polar surface area (TPSA) is 89.5 Å². The van der Waals surface area contributed by atoms with Gasteiger partial charge >= 0.3 is 11.9 Å². The van der Waals surface area contributed by atoms with Crippen LogP contribution in [0.25, 0.3) is 0 Å². The number of halogens is 10. The van der Waals surface area contributed by atoms with E-state index in [-0.39, 0.29) is 50.2 Å². The summed E-state index contributed by atoms with van der Waals surface area (Å²) in [6, 6.07) is 0. The standard InChI is InChI=1S/C22H16Cl10O8/c1-35-17(19(37-3)21(33)39-15-11(29)7(25)5(23)8(26)12(15)30)18(36-2)20(38-4)22(34)40-16-13(31)9(27)6(24)10(28)14(16)32/h17-20H,1-4H3/t17-,18-,19-,20-/m0/s1. The van der Waals surface area contributed by atoms with Crippen LogP contribution in [0.4, 0.5) is 0 Å². The molecule has 2 aromatic rings. The number of carbonyl (C=O) groups excluding carboxylic acids is 2. The minimum atomic E-state index is -1.58. The molecule has 0 heterocycles. The third-order valence-electron chi connectivity index (χ3n) is 5.18. The Morgan fingerprint density at radius 2 is 0.650 bits per heavy atom. The summed E-state index contributed by atoms with van der Waals surface area (Å²) in [6.45, 7) is 0. The van der Waals surface area contributed by atoms with Crippen molar-refractivity contribution in [3.05, 3.63) is 50.2 Å². The van der Waals surface area contributed by atoms with Gasteiger partial charge in [0.15, 0.2) is 23.7 Å². The molecule has 0 spiro atoms. The minimum Gasteiger partial charge on any atom is -0.421 e. The van der Waals surface area contributed by atoms with Crippen molar-refractivity contribution in [1.29, 1.82) is 0 Å². The van der Waals surface area contributed by atoms with Gasteiger partial charge in [0.05, 0.1) is 30.1 Å². The van der Waals surface area contributed by atoms with E-state index in [0.29, 0.717) is 0 Å². The number of methoxy groups -OCH3 is 4. The summed E-state index contributed by atoms with van der Waals surface area (Å²) in [6.07, 6.45) is -5.90. The lowest BCUT2D eigenvalue weighted by Crippen LogP contribution is -2.54. The number of carbonyl (C=O) groups is 2. The highest BCUT2D eigenvalue weighted by Crippen LogP contribution is 2.49. The first-order valence-electron chi connectivity index (χ1n) is 10.3. The fourth-order valence-electron chi connectivity index (χ4n) is 3.26. The van der Waals surface area contributed by atoms with Crippen LogP contribution >= 0.6 is 116 Å².